The molecule has 0 saturated heterocycles. The number of hydrogen-bond donors (Lipinski definition) is 0. The molecule has 2 aliphatic rings. The van der Waals surface area contributed by atoms with E-state index in [2.05, 4.69) is 295 Å². The van der Waals surface area contributed by atoms with Crippen LogP contribution in [0.3, 0.4) is 0 Å². The average Bonchev–Trinajstić information content (AvgIpc) is 4.02. The third-order valence-corrected chi connectivity index (χ3v) is 15.1. The molecule has 74 heavy (non-hydrogen) atoms. The van der Waals surface area contributed by atoms with Crippen molar-refractivity contribution in [2.45, 2.75) is 12.0 Å². The number of benzene rings is 10. The average molecular weight is 944 g/mol. The molecule has 2 aromatic heterocycles. The molecule has 1 aliphatic carbocycles. The van der Waals surface area contributed by atoms with E-state index in [-0.39, 0.29) is 6.04 Å². The summed E-state index contributed by atoms with van der Waals surface area (Å²) in [5.74, 6) is 0.331. The van der Waals surface area contributed by atoms with Gasteiger partial charge >= 0.3 is 0 Å². The monoisotopic (exact) mass is 943 g/mol. The molecule has 0 bridgehead atoms. The first-order chi connectivity index (χ1) is 36.7. The van der Waals surface area contributed by atoms with E-state index in [0.29, 0.717) is 5.92 Å². The highest BCUT2D eigenvalue weighted by atomic mass is 15.2. The van der Waals surface area contributed by atoms with Crippen LogP contribution in [0.5, 0.6) is 0 Å². The number of aromatic nitrogens is 2. The van der Waals surface area contributed by atoms with E-state index in [1.54, 1.807) is 0 Å². The third-order valence-electron chi connectivity index (χ3n) is 15.1. The maximum atomic E-state index is 5.47. The Hall–Kier alpha value is -9.57. The van der Waals surface area contributed by atoms with Gasteiger partial charge in [0.05, 0.1) is 28.5 Å². The maximum Gasteiger partial charge on any atom is 0.0715 e. The van der Waals surface area contributed by atoms with E-state index >= 15 is 0 Å². The zero-order valence-corrected chi connectivity index (χ0v) is 40.6. The van der Waals surface area contributed by atoms with Gasteiger partial charge in [-0.05, 0) is 128 Å². The summed E-state index contributed by atoms with van der Waals surface area (Å²) in [5, 5.41) is 2.52. The standard InChI is InChI=1S/C71H49N3/c1-2-16-48(17-3-1)53-18-12-19-54(42-53)49-34-36-51(37-35-49)59-46-66(52-40-38-50(39-41-52)56-21-14-24-60(44-56)73-68-30-8-4-26-62(68)63-27-5-9-31-69(63)73)72-67(47-59)58-23-13-20-55(43-58)57-22-15-25-61(45-57)74-70-32-10-6-28-64(70)65-29-7-11-33-71(65)74/h1-47,64,70H. The van der Waals surface area contributed by atoms with Gasteiger partial charge < -0.3 is 9.47 Å². The minimum absolute atomic E-state index is 0.239. The van der Waals surface area contributed by atoms with Crippen molar-refractivity contribution in [3.63, 3.8) is 0 Å². The zero-order chi connectivity index (χ0) is 49.0. The topological polar surface area (TPSA) is 21.1 Å². The number of hydrogen-bond acceptors (Lipinski definition) is 2. The largest absolute Gasteiger partial charge is 0.333 e. The Kier molecular flexibility index (Phi) is 10.7. The number of pyridine rings is 1. The van der Waals surface area contributed by atoms with Crippen LogP contribution < -0.4 is 4.90 Å². The normalized spacial score (nSPS) is 14.6. The molecular weight excluding hydrogens is 895 g/mol. The molecule has 12 aromatic rings. The minimum Gasteiger partial charge on any atom is -0.333 e. The highest BCUT2D eigenvalue weighted by molar-refractivity contribution is 6.09. The fraction of sp³-hybridized carbons (Fsp3) is 0.0282. The highest BCUT2D eigenvalue weighted by Crippen LogP contribution is 2.48. The summed E-state index contributed by atoms with van der Waals surface area (Å²) < 4.78 is 2.38. The second kappa shape index (κ2) is 18.2. The van der Waals surface area contributed by atoms with Crippen LogP contribution in [-0.4, -0.2) is 15.6 Å². The van der Waals surface area contributed by atoms with Crippen molar-refractivity contribution in [3.8, 4) is 83.8 Å². The molecule has 0 saturated carbocycles. The molecule has 2 unspecified atom stereocenters. The molecule has 1 aliphatic heterocycles. The molecule has 14 rings (SSSR count). The van der Waals surface area contributed by atoms with Gasteiger partial charge in [-0.1, -0.05) is 218 Å². The predicted molar refractivity (Wildman–Crippen MR) is 310 cm³/mol. The number of allylic oxidation sites excluding steroid dienone is 2. The lowest BCUT2D eigenvalue weighted by molar-refractivity contribution is 0.745. The first-order valence-corrected chi connectivity index (χ1v) is 25.6. The van der Waals surface area contributed by atoms with Gasteiger partial charge in [0.15, 0.2) is 0 Å². The van der Waals surface area contributed by atoms with Crippen LogP contribution in [0, 0.1) is 0 Å². The van der Waals surface area contributed by atoms with Crippen LogP contribution >= 0.6 is 0 Å². The molecule has 3 heterocycles. The van der Waals surface area contributed by atoms with E-state index in [0.717, 1.165) is 56.0 Å². The van der Waals surface area contributed by atoms with Crippen LogP contribution in [0.1, 0.15) is 11.5 Å². The SMILES string of the molecule is C1=CC2c3ccccc3N(c3cccc(-c4cccc(-c5cc(-c6ccc(-c7cccc(-c8ccccc8)c7)cc6)cc(-c6ccc(-c7cccc(-n8c9ccccc9c9ccccc98)c7)cc6)n5)c4)c3)C2C=C1. The first-order valence-electron chi connectivity index (χ1n) is 25.6. The lowest BCUT2D eigenvalue weighted by Crippen LogP contribution is -2.28. The number of anilines is 2. The third kappa shape index (κ3) is 7.74. The van der Waals surface area contributed by atoms with Crippen molar-refractivity contribution in [3.05, 3.63) is 291 Å². The Bertz CT molecular complexity index is 4090. The summed E-state index contributed by atoms with van der Waals surface area (Å²) in [5.41, 5.74) is 23.0. The van der Waals surface area contributed by atoms with Gasteiger partial charge in [-0.15, -0.1) is 0 Å². The molecule has 2 atom stereocenters. The van der Waals surface area contributed by atoms with Gasteiger partial charge in [0.2, 0.25) is 0 Å². The smallest absolute Gasteiger partial charge is 0.0715 e. The van der Waals surface area contributed by atoms with Crippen molar-refractivity contribution in [2.24, 2.45) is 0 Å². The number of fused-ring (bicyclic) bond motifs is 6. The van der Waals surface area contributed by atoms with Crippen LogP contribution in [0.4, 0.5) is 11.4 Å². The Labute approximate surface area is 432 Å². The van der Waals surface area contributed by atoms with Crippen molar-refractivity contribution in [1.29, 1.82) is 0 Å². The van der Waals surface area contributed by atoms with Gasteiger partial charge in [-0.2, -0.15) is 0 Å². The summed E-state index contributed by atoms with van der Waals surface area (Å²) in [7, 11) is 0. The van der Waals surface area contributed by atoms with Crippen LogP contribution in [0.15, 0.2) is 285 Å². The molecule has 0 spiro atoms. The van der Waals surface area contributed by atoms with Gasteiger partial charge in [0.1, 0.15) is 0 Å². The quantitative estimate of drug-likeness (QED) is 0.144. The molecule has 0 radical (unpaired) electrons. The van der Waals surface area contributed by atoms with E-state index in [4.69, 9.17) is 4.98 Å². The van der Waals surface area contributed by atoms with Crippen molar-refractivity contribution in [2.75, 3.05) is 4.90 Å². The van der Waals surface area contributed by atoms with Crippen molar-refractivity contribution in [1.82, 2.24) is 9.55 Å². The summed E-state index contributed by atoms with van der Waals surface area (Å²) in [6.07, 6.45) is 9.04. The Balaban J connectivity index is 0.830. The van der Waals surface area contributed by atoms with Crippen LogP contribution in [0.25, 0.3) is 106 Å². The molecule has 3 heteroatoms. The summed E-state index contributed by atoms with van der Waals surface area (Å²) in [6.45, 7) is 0. The molecule has 10 aromatic carbocycles. The Morgan fingerprint density at radius 2 is 0.743 bits per heavy atom. The lowest BCUT2D eigenvalue weighted by atomic mass is 9.91. The van der Waals surface area contributed by atoms with Gasteiger partial charge in [0.25, 0.3) is 0 Å². The number of rotatable bonds is 9. The molecule has 3 nitrogen and oxygen atoms in total. The maximum absolute atomic E-state index is 5.47. The van der Waals surface area contributed by atoms with Gasteiger partial charge in [-0.25, -0.2) is 4.98 Å². The Morgan fingerprint density at radius 1 is 0.297 bits per heavy atom. The molecular formula is C71H49N3. The molecule has 0 amide bonds. The van der Waals surface area contributed by atoms with Gasteiger partial charge in [-0.3, -0.25) is 0 Å². The van der Waals surface area contributed by atoms with E-state index in [1.807, 2.05) is 0 Å². The second-order valence-electron chi connectivity index (χ2n) is 19.5. The number of nitrogens with zero attached hydrogens (tertiary/aromatic N) is 3. The summed E-state index contributed by atoms with van der Waals surface area (Å²) in [4.78, 5) is 7.97. The summed E-state index contributed by atoms with van der Waals surface area (Å²) in [6, 6.07) is 95.1. The van der Waals surface area contributed by atoms with E-state index in [9.17, 15) is 0 Å². The minimum atomic E-state index is 0.239. The van der Waals surface area contributed by atoms with Crippen LogP contribution in [0.2, 0.25) is 0 Å². The fourth-order valence-electron chi connectivity index (χ4n) is 11.5. The predicted octanol–water partition coefficient (Wildman–Crippen LogP) is 18.6. The van der Waals surface area contributed by atoms with Crippen molar-refractivity contribution < 1.29 is 0 Å². The zero-order valence-electron chi connectivity index (χ0n) is 40.6. The molecule has 0 N–H and O–H groups in total. The van der Waals surface area contributed by atoms with Crippen molar-refractivity contribution >= 4 is 33.2 Å². The van der Waals surface area contributed by atoms with E-state index < -0.39 is 0 Å². The highest BCUT2D eigenvalue weighted by Gasteiger charge is 2.37. The van der Waals surface area contributed by atoms with Gasteiger partial charge in [0, 0.05) is 44.9 Å². The fourth-order valence-corrected chi connectivity index (χ4v) is 11.5. The molecule has 348 valence electrons. The first kappa shape index (κ1) is 43.2. The lowest BCUT2D eigenvalue weighted by Gasteiger charge is -2.29. The second-order valence-corrected chi connectivity index (χ2v) is 19.5. The molecule has 0 fully saturated rings. The van der Waals surface area contributed by atoms with Crippen LogP contribution in [-0.2, 0) is 0 Å². The number of para-hydroxylation sites is 3. The van der Waals surface area contributed by atoms with E-state index in [1.165, 1.54) is 66.6 Å². The Morgan fingerprint density at radius 3 is 1.43 bits per heavy atom. The summed E-state index contributed by atoms with van der Waals surface area (Å²) >= 11 is 0.